The number of aromatic nitrogens is 2. The summed E-state index contributed by atoms with van der Waals surface area (Å²) in [4.78, 5) is 23.6. The number of nitrogens with two attached hydrogens (primary N) is 1. The van der Waals surface area contributed by atoms with Crippen LogP contribution in [0.25, 0.3) is 10.9 Å². The number of primary amides is 1. The Hall–Kier alpha value is -3.28. The van der Waals surface area contributed by atoms with Crippen LogP contribution in [0.15, 0.2) is 54.6 Å². The van der Waals surface area contributed by atoms with Gasteiger partial charge in [0.2, 0.25) is 0 Å². The van der Waals surface area contributed by atoms with E-state index in [4.69, 9.17) is 5.73 Å². The van der Waals surface area contributed by atoms with Crippen LogP contribution in [0, 0.1) is 0 Å². The summed E-state index contributed by atoms with van der Waals surface area (Å²) in [6.45, 7) is 0. The van der Waals surface area contributed by atoms with Crippen molar-refractivity contribution in [2.24, 2.45) is 5.73 Å². The Balaban J connectivity index is 1.92. The van der Waals surface area contributed by atoms with E-state index in [-0.39, 0.29) is 11.3 Å². The number of anilines is 1. The molecular formula is C16H12N4O2. The molecule has 3 aromatic rings. The first-order valence-electron chi connectivity index (χ1n) is 6.58. The number of benzene rings is 2. The first-order chi connectivity index (χ1) is 10.6. The number of para-hydroxylation sites is 1. The zero-order chi connectivity index (χ0) is 15.5. The van der Waals surface area contributed by atoms with E-state index in [2.05, 4.69) is 15.5 Å². The number of amides is 2. The van der Waals surface area contributed by atoms with Gasteiger partial charge in [0.15, 0.2) is 5.69 Å². The summed E-state index contributed by atoms with van der Waals surface area (Å²) in [5, 5.41) is 11.3. The molecule has 108 valence electrons. The fourth-order valence-electron chi connectivity index (χ4n) is 2.09. The highest BCUT2D eigenvalue weighted by Crippen LogP contribution is 2.16. The first kappa shape index (κ1) is 13.7. The Morgan fingerprint density at radius 2 is 1.68 bits per heavy atom. The number of nitrogens with one attached hydrogen (secondary N) is 1. The van der Waals surface area contributed by atoms with E-state index in [1.165, 1.54) is 0 Å². The number of rotatable bonds is 3. The number of carbonyl (C=O) groups excluding carboxylic acids is 2. The standard InChI is InChI=1S/C16H12N4O2/c17-15(21)11-6-2-4-8-13(11)18-16(22)14-9-10-5-1-3-7-12(10)19-20-14/h1-9H,(H2,17,21)(H,18,22). The molecule has 0 atom stereocenters. The Labute approximate surface area is 126 Å². The van der Waals surface area contributed by atoms with E-state index < -0.39 is 11.8 Å². The Morgan fingerprint density at radius 1 is 0.955 bits per heavy atom. The van der Waals surface area contributed by atoms with Crippen LogP contribution in [-0.4, -0.2) is 22.0 Å². The lowest BCUT2D eigenvalue weighted by atomic mass is 10.1. The summed E-state index contributed by atoms with van der Waals surface area (Å²) in [5.41, 5.74) is 6.74. The fraction of sp³-hybridized carbons (Fsp3) is 0. The van der Waals surface area contributed by atoms with Gasteiger partial charge < -0.3 is 11.1 Å². The van der Waals surface area contributed by atoms with Crippen LogP contribution in [0.5, 0.6) is 0 Å². The molecule has 0 aliphatic heterocycles. The maximum absolute atomic E-state index is 12.3. The van der Waals surface area contributed by atoms with Gasteiger partial charge in [0.25, 0.3) is 11.8 Å². The van der Waals surface area contributed by atoms with E-state index in [1.54, 1.807) is 30.3 Å². The molecule has 3 rings (SSSR count). The predicted molar refractivity (Wildman–Crippen MR) is 82.5 cm³/mol. The van der Waals surface area contributed by atoms with Crippen LogP contribution in [0.1, 0.15) is 20.8 Å². The van der Waals surface area contributed by atoms with Crippen molar-refractivity contribution in [1.29, 1.82) is 0 Å². The molecule has 2 aromatic carbocycles. The van der Waals surface area contributed by atoms with Crippen molar-refractivity contribution in [3.8, 4) is 0 Å². The smallest absolute Gasteiger partial charge is 0.276 e. The number of hydrogen-bond acceptors (Lipinski definition) is 4. The van der Waals surface area contributed by atoms with Gasteiger partial charge in [0.05, 0.1) is 16.8 Å². The van der Waals surface area contributed by atoms with E-state index >= 15 is 0 Å². The Kier molecular flexibility index (Phi) is 3.49. The second-order valence-corrected chi connectivity index (χ2v) is 4.65. The lowest BCUT2D eigenvalue weighted by Crippen LogP contribution is -2.19. The second-order valence-electron chi connectivity index (χ2n) is 4.65. The van der Waals surface area contributed by atoms with Crippen molar-refractivity contribution in [2.75, 3.05) is 5.32 Å². The molecule has 0 spiro atoms. The molecule has 0 aliphatic carbocycles. The molecule has 22 heavy (non-hydrogen) atoms. The number of carbonyl (C=O) groups is 2. The molecule has 6 heteroatoms. The van der Waals surface area contributed by atoms with Crippen molar-refractivity contribution in [3.05, 3.63) is 65.9 Å². The molecule has 1 heterocycles. The van der Waals surface area contributed by atoms with Crippen molar-refractivity contribution in [2.45, 2.75) is 0 Å². The minimum absolute atomic E-state index is 0.165. The lowest BCUT2D eigenvalue weighted by Gasteiger charge is -2.08. The Bertz CT molecular complexity index is 877. The van der Waals surface area contributed by atoms with Crippen molar-refractivity contribution in [1.82, 2.24) is 10.2 Å². The first-order valence-corrected chi connectivity index (χ1v) is 6.58. The SMILES string of the molecule is NC(=O)c1ccccc1NC(=O)c1cc2ccccc2nn1. The summed E-state index contributed by atoms with van der Waals surface area (Å²) in [6, 6.07) is 15.5. The molecule has 2 amide bonds. The van der Waals surface area contributed by atoms with Crippen molar-refractivity contribution < 1.29 is 9.59 Å². The lowest BCUT2D eigenvalue weighted by molar-refractivity contribution is 0.100. The molecule has 0 fully saturated rings. The number of nitrogens with zero attached hydrogens (tertiary/aromatic N) is 2. The van der Waals surface area contributed by atoms with Gasteiger partial charge >= 0.3 is 0 Å². The van der Waals surface area contributed by atoms with Crippen molar-refractivity contribution >= 4 is 28.4 Å². The van der Waals surface area contributed by atoms with E-state index in [1.807, 2.05) is 24.3 Å². The topological polar surface area (TPSA) is 98.0 Å². The quantitative estimate of drug-likeness (QED) is 0.771. The maximum atomic E-state index is 12.3. The minimum Gasteiger partial charge on any atom is -0.366 e. The van der Waals surface area contributed by atoms with Gasteiger partial charge in [0.1, 0.15) is 0 Å². The van der Waals surface area contributed by atoms with Gasteiger partial charge in [0, 0.05) is 5.39 Å². The van der Waals surface area contributed by atoms with E-state index in [9.17, 15) is 9.59 Å². The third kappa shape index (κ3) is 2.62. The summed E-state index contributed by atoms with van der Waals surface area (Å²) in [5.74, 6) is -1.06. The van der Waals surface area contributed by atoms with E-state index in [0.717, 1.165) is 5.39 Å². The van der Waals surface area contributed by atoms with Gasteiger partial charge in [-0.3, -0.25) is 9.59 Å². The average molecular weight is 292 g/mol. The molecular weight excluding hydrogens is 280 g/mol. The number of fused-ring (bicyclic) bond motifs is 1. The van der Waals surface area contributed by atoms with Crippen LogP contribution >= 0.6 is 0 Å². The zero-order valence-electron chi connectivity index (χ0n) is 11.5. The third-order valence-electron chi connectivity index (χ3n) is 3.17. The van der Waals surface area contributed by atoms with Crippen LogP contribution in [0.4, 0.5) is 5.69 Å². The van der Waals surface area contributed by atoms with Gasteiger partial charge in [-0.1, -0.05) is 30.3 Å². The number of hydrogen-bond donors (Lipinski definition) is 2. The minimum atomic E-state index is -0.611. The second kappa shape index (κ2) is 5.61. The van der Waals surface area contributed by atoms with Crippen LogP contribution in [0.2, 0.25) is 0 Å². The van der Waals surface area contributed by atoms with Crippen LogP contribution in [0.3, 0.4) is 0 Å². The summed E-state index contributed by atoms with van der Waals surface area (Å²) < 4.78 is 0. The highest BCUT2D eigenvalue weighted by Gasteiger charge is 2.13. The van der Waals surface area contributed by atoms with E-state index in [0.29, 0.717) is 11.2 Å². The average Bonchev–Trinajstić information content (AvgIpc) is 2.54. The summed E-state index contributed by atoms with van der Waals surface area (Å²) >= 11 is 0. The molecule has 0 unspecified atom stereocenters. The van der Waals surface area contributed by atoms with Gasteiger partial charge in [-0.25, -0.2) is 0 Å². The summed E-state index contributed by atoms with van der Waals surface area (Å²) in [7, 11) is 0. The van der Waals surface area contributed by atoms with Gasteiger partial charge in [-0.05, 0) is 24.3 Å². The Morgan fingerprint density at radius 3 is 2.50 bits per heavy atom. The van der Waals surface area contributed by atoms with Gasteiger partial charge in [-0.2, -0.15) is 0 Å². The molecule has 0 saturated carbocycles. The third-order valence-corrected chi connectivity index (χ3v) is 3.17. The monoisotopic (exact) mass is 292 g/mol. The van der Waals surface area contributed by atoms with Crippen LogP contribution in [-0.2, 0) is 0 Å². The highest BCUT2D eigenvalue weighted by molar-refractivity contribution is 6.08. The highest BCUT2D eigenvalue weighted by atomic mass is 16.2. The maximum Gasteiger partial charge on any atom is 0.276 e. The molecule has 3 N–H and O–H groups in total. The fourth-order valence-corrected chi connectivity index (χ4v) is 2.09. The molecule has 0 saturated heterocycles. The summed E-state index contributed by atoms with van der Waals surface area (Å²) in [6.07, 6.45) is 0. The normalized spacial score (nSPS) is 10.4. The van der Waals surface area contributed by atoms with Crippen LogP contribution < -0.4 is 11.1 Å². The van der Waals surface area contributed by atoms with Crippen molar-refractivity contribution in [3.63, 3.8) is 0 Å². The molecule has 0 aliphatic rings. The molecule has 1 aromatic heterocycles. The molecule has 6 nitrogen and oxygen atoms in total. The molecule has 0 bridgehead atoms. The largest absolute Gasteiger partial charge is 0.366 e. The predicted octanol–water partition coefficient (Wildman–Crippen LogP) is 1.98. The zero-order valence-corrected chi connectivity index (χ0v) is 11.5. The van der Waals surface area contributed by atoms with Gasteiger partial charge in [-0.15, -0.1) is 10.2 Å². The molecule has 0 radical (unpaired) electrons.